The molecule has 1 aliphatic heterocycles. The fraction of sp³-hybridized carbons (Fsp3) is 0.900. The van der Waals surface area contributed by atoms with Gasteiger partial charge in [0.1, 0.15) is 0 Å². The van der Waals surface area contributed by atoms with Gasteiger partial charge in [-0.25, -0.2) is 0 Å². The van der Waals surface area contributed by atoms with Crippen LogP contribution in [-0.4, -0.2) is 72.5 Å². The number of rotatable bonds is 5. The first-order chi connectivity index (χ1) is 13.6. The third-order valence-corrected chi connectivity index (χ3v) is 6.79. The van der Waals surface area contributed by atoms with Crippen LogP contribution in [0.25, 0.3) is 0 Å². The Morgan fingerprint density at radius 2 is 0.886 bits per heavy atom. The van der Waals surface area contributed by atoms with E-state index in [9.17, 15) is 0 Å². The van der Waals surface area contributed by atoms with Gasteiger partial charge in [0.2, 0.25) is 0 Å². The van der Waals surface area contributed by atoms with E-state index in [1.54, 1.807) is 0 Å². The summed E-state index contributed by atoms with van der Waals surface area (Å²) in [4.78, 5) is 0. The first-order valence-corrected chi connectivity index (χ1v) is 12.5. The zero-order chi connectivity index (χ0) is 21.0. The van der Waals surface area contributed by atoms with Crippen molar-refractivity contribution in [2.45, 2.75) is 127 Å². The molecule has 1 saturated heterocycles. The standard InChI is InChI=1S/2C9H18.C4H8O2.C4H9.2CH4.2CH3.ClH.2Mg/c2*1-3-8(2)9-6-4-5-7-9;1-2-6-4-3-5-1;1-3-4-2;;;;;;;/h2*8-9H,3-7H2,1-2H3;1-4H2;1,3-4H2,2H3;2*1H4;2*1H3;1H;;/q;;;-1;;;2*-1;;2*+2/p-1. The van der Waals surface area contributed by atoms with Crippen molar-refractivity contribution in [2.75, 3.05) is 26.4 Å². The van der Waals surface area contributed by atoms with Gasteiger partial charge in [0, 0.05) is 0 Å². The van der Waals surface area contributed by atoms with Gasteiger partial charge >= 0.3 is 46.1 Å². The molecule has 0 radical (unpaired) electrons. The predicted molar refractivity (Wildman–Crippen MR) is 163 cm³/mol. The molecule has 3 aliphatic rings. The number of hydrogen-bond acceptors (Lipinski definition) is 2. The Balaban J connectivity index is -0.0000000448. The number of ether oxygens (including phenoxy) is 2. The summed E-state index contributed by atoms with van der Waals surface area (Å²) >= 11 is 0. The van der Waals surface area contributed by atoms with Crippen LogP contribution in [0.1, 0.15) is 127 Å². The zero-order valence-corrected chi connectivity index (χ0v) is 27.5. The van der Waals surface area contributed by atoms with Crippen LogP contribution in [0.3, 0.4) is 0 Å². The van der Waals surface area contributed by atoms with E-state index in [1.165, 1.54) is 70.6 Å². The molecule has 0 aromatic rings. The van der Waals surface area contributed by atoms with Crippen LogP contribution in [0.2, 0.25) is 0 Å². The molecule has 0 aromatic heterocycles. The third-order valence-electron chi connectivity index (χ3n) is 6.79. The molecule has 2 saturated carbocycles. The van der Waals surface area contributed by atoms with Crippen molar-refractivity contribution in [1.82, 2.24) is 0 Å². The van der Waals surface area contributed by atoms with E-state index in [2.05, 4.69) is 41.5 Å². The van der Waals surface area contributed by atoms with Crippen molar-refractivity contribution in [3.05, 3.63) is 21.8 Å². The van der Waals surface area contributed by atoms with E-state index < -0.39 is 0 Å². The summed E-state index contributed by atoms with van der Waals surface area (Å²) in [7, 11) is 0. The summed E-state index contributed by atoms with van der Waals surface area (Å²) < 4.78 is 9.89. The molecule has 3 rings (SSSR count). The quantitative estimate of drug-likeness (QED) is 0.291. The Hall–Kier alpha value is 1.74. The first kappa shape index (κ1) is 56.8. The summed E-state index contributed by atoms with van der Waals surface area (Å²) in [5, 5.41) is 0. The minimum Gasteiger partial charge on any atom is -1.00 e. The van der Waals surface area contributed by atoms with Gasteiger partial charge in [-0.3, -0.25) is 0 Å². The average molecular weight is 544 g/mol. The van der Waals surface area contributed by atoms with Crippen molar-refractivity contribution in [2.24, 2.45) is 23.7 Å². The Kier molecular flexibility index (Phi) is 69.5. The number of hydrogen-bond donors (Lipinski definition) is 0. The van der Waals surface area contributed by atoms with E-state index in [4.69, 9.17) is 9.47 Å². The summed E-state index contributed by atoms with van der Waals surface area (Å²) in [5.41, 5.74) is 0. The van der Waals surface area contributed by atoms with Crippen molar-refractivity contribution >= 4 is 46.1 Å². The van der Waals surface area contributed by atoms with Crippen molar-refractivity contribution in [1.29, 1.82) is 0 Å². The topological polar surface area (TPSA) is 18.5 Å². The molecule has 1 heterocycles. The largest absolute Gasteiger partial charge is 2.00 e. The van der Waals surface area contributed by atoms with Crippen LogP contribution in [0, 0.1) is 45.4 Å². The fourth-order valence-corrected chi connectivity index (χ4v) is 4.16. The normalized spacial score (nSPS) is 17.7. The molecular formula is C30H67ClMg2O2. The van der Waals surface area contributed by atoms with Gasteiger partial charge in [-0.05, 0) is 23.7 Å². The molecule has 0 amide bonds. The maximum absolute atomic E-state index is 4.94. The van der Waals surface area contributed by atoms with Gasteiger partial charge in [-0.2, -0.15) is 6.42 Å². The Labute approximate surface area is 264 Å². The van der Waals surface area contributed by atoms with E-state index in [1.807, 2.05) is 0 Å². The van der Waals surface area contributed by atoms with Gasteiger partial charge in [-0.1, -0.05) is 120 Å². The summed E-state index contributed by atoms with van der Waals surface area (Å²) in [6.07, 6.45) is 17.1. The molecule has 3 fully saturated rings. The van der Waals surface area contributed by atoms with Gasteiger partial charge in [0.15, 0.2) is 0 Å². The maximum atomic E-state index is 4.94. The molecular weight excluding hydrogens is 476 g/mol. The fourth-order valence-electron chi connectivity index (χ4n) is 4.16. The van der Waals surface area contributed by atoms with Gasteiger partial charge in [-0.15, -0.1) is 0 Å². The number of unbranched alkanes of at least 4 members (excludes halogenated alkanes) is 1. The summed E-state index contributed by atoms with van der Waals surface area (Å²) in [6.45, 7) is 18.2. The minimum absolute atomic E-state index is 0. The molecule has 0 bridgehead atoms. The predicted octanol–water partition coefficient (Wildman–Crippen LogP) is 6.51. The van der Waals surface area contributed by atoms with Crippen LogP contribution in [0.15, 0.2) is 0 Å². The molecule has 35 heavy (non-hydrogen) atoms. The second-order valence-corrected chi connectivity index (χ2v) is 8.94. The molecule has 2 atom stereocenters. The molecule has 2 aliphatic carbocycles. The smallest absolute Gasteiger partial charge is 1.00 e. The van der Waals surface area contributed by atoms with Gasteiger partial charge in [0.05, 0.1) is 26.4 Å². The molecule has 5 heteroatoms. The van der Waals surface area contributed by atoms with E-state index in [0.717, 1.165) is 56.5 Å². The number of halogens is 1. The molecule has 210 valence electrons. The minimum atomic E-state index is 0. The van der Waals surface area contributed by atoms with Crippen LogP contribution < -0.4 is 12.4 Å². The van der Waals surface area contributed by atoms with Gasteiger partial charge in [0.25, 0.3) is 0 Å². The second-order valence-electron chi connectivity index (χ2n) is 8.94. The van der Waals surface area contributed by atoms with Crippen LogP contribution in [0.5, 0.6) is 0 Å². The van der Waals surface area contributed by atoms with E-state index >= 15 is 0 Å². The van der Waals surface area contributed by atoms with E-state index in [0.29, 0.717) is 0 Å². The van der Waals surface area contributed by atoms with Crippen molar-refractivity contribution < 1.29 is 21.9 Å². The van der Waals surface area contributed by atoms with Crippen LogP contribution in [0.4, 0.5) is 0 Å². The SMILES string of the molecule is C.C.C1COCCO1.CCC(C)C1CCCC1.CCC(C)C1CCCC1.[CH2-]CCC.[CH3-].[CH3-].[Cl-].[Mg+2].[Mg+2]. The molecule has 2 nitrogen and oxygen atoms in total. The maximum Gasteiger partial charge on any atom is 2.00 e. The van der Waals surface area contributed by atoms with Gasteiger partial charge < -0.3 is 43.7 Å². The Morgan fingerprint density at radius 3 is 1.03 bits per heavy atom. The third kappa shape index (κ3) is 33.7. The van der Waals surface area contributed by atoms with Crippen LogP contribution >= 0.6 is 0 Å². The molecule has 0 N–H and O–H groups in total. The Morgan fingerprint density at radius 1 is 0.657 bits per heavy atom. The average Bonchev–Trinajstić information content (AvgIpc) is 3.49. The summed E-state index contributed by atoms with van der Waals surface area (Å²) in [5.74, 6) is 4.14. The monoisotopic (exact) mass is 542 g/mol. The molecule has 0 spiro atoms. The van der Waals surface area contributed by atoms with Crippen LogP contribution in [-0.2, 0) is 9.47 Å². The molecule has 0 aromatic carbocycles. The second kappa shape index (κ2) is 42.8. The molecule has 2 unspecified atom stereocenters. The van der Waals surface area contributed by atoms with Crippen molar-refractivity contribution in [3.63, 3.8) is 0 Å². The zero-order valence-electron chi connectivity index (χ0n) is 23.9. The summed E-state index contributed by atoms with van der Waals surface area (Å²) in [6, 6.07) is 0. The van der Waals surface area contributed by atoms with E-state index in [-0.39, 0.29) is 88.2 Å². The Bertz CT molecular complexity index is 271. The first-order valence-electron chi connectivity index (χ1n) is 12.5. The van der Waals surface area contributed by atoms with Crippen molar-refractivity contribution in [3.8, 4) is 0 Å².